The van der Waals surface area contributed by atoms with Crippen LogP contribution in [-0.2, 0) is 4.43 Å². The van der Waals surface area contributed by atoms with Crippen LogP contribution in [0.3, 0.4) is 0 Å². The van der Waals surface area contributed by atoms with Gasteiger partial charge in [0.15, 0.2) is 0 Å². The second-order valence-electron chi connectivity index (χ2n) is 5.77. The van der Waals surface area contributed by atoms with Gasteiger partial charge in [-0.15, -0.1) is 0 Å². The zero-order valence-electron chi connectivity index (χ0n) is 12.1. The average Bonchev–Trinajstić information content (AvgIpc) is 2.24. The van der Waals surface area contributed by atoms with Gasteiger partial charge in [0.2, 0.25) is 8.32 Å². The highest BCUT2D eigenvalue weighted by molar-refractivity contribution is 6.70. The first-order chi connectivity index (χ1) is 8.37. The van der Waals surface area contributed by atoms with Crippen LogP contribution in [0.2, 0.25) is 19.6 Å². The van der Waals surface area contributed by atoms with Crippen LogP contribution in [0.5, 0.6) is 0 Å². The van der Waals surface area contributed by atoms with Crippen molar-refractivity contribution < 1.29 is 4.43 Å². The highest BCUT2D eigenvalue weighted by Gasteiger charge is 2.16. The van der Waals surface area contributed by atoms with E-state index in [2.05, 4.69) is 63.8 Å². The molecule has 0 radical (unpaired) electrons. The zero-order chi connectivity index (χ0) is 13.6. The van der Waals surface area contributed by atoms with E-state index in [0.717, 1.165) is 5.76 Å². The van der Waals surface area contributed by atoms with Crippen LogP contribution in [0.4, 0.5) is 0 Å². The van der Waals surface area contributed by atoms with E-state index in [0.29, 0.717) is 5.92 Å². The van der Waals surface area contributed by atoms with Gasteiger partial charge in [-0.25, -0.2) is 0 Å². The van der Waals surface area contributed by atoms with Gasteiger partial charge in [-0.3, -0.25) is 0 Å². The highest BCUT2D eigenvalue weighted by Crippen LogP contribution is 2.15. The predicted molar refractivity (Wildman–Crippen MR) is 82.8 cm³/mol. The SMILES string of the molecule is CC(C)/C=C(/C=C/c1ccccc1)O[Si](C)(C)C. The van der Waals surface area contributed by atoms with E-state index in [1.54, 1.807) is 0 Å². The van der Waals surface area contributed by atoms with Crippen molar-refractivity contribution in [3.63, 3.8) is 0 Å². The Morgan fingerprint density at radius 3 is 2.22 bits per heavy atom. The van der Waals surface area contributed by atoms with Gasteiger partial charge in [-0.1, -0.05) is 50.3 Å². The van der Waals surface area contributed by atoms with E-state index < -0.39 is 8.32 Å². The van der Waals surface area contributed by atoms with E-state index in [4.69, 9.17) is 4.43 Å². The zero-order valence-corrected chi connectivity index (χ0v) is 13.1. The fraction of sp³-hybridized carbons (Fsp3) is 0.375. The predicted octanol–water partition coefficient (Wildman–Crippen LogP) is 5.09. The molecule has 0 aliphatic heterocycles. The van der Waals surface area contributed by atoms with Gasteiger partial charge in [0.05, 0.1) is 5.76 Å². The van der Waals surface area contributed by atoms with Crippen molar-refractivity contribution >= 4 is 14.4 Å². The molecule has 0 atom stereocenters. The van der Waals surface area contributed by atoms with Crippen LogP contribution in [-0.4, -0.2) is 8.32 Å². The van der Waals surface area contributed by atoms with Crippen molar-refractivity contribution in [3.05, 3.63) is 53.8 Å². The minimum Gasteiger partial charge on any atom is -0.545 e. The molecule has 0 saturated heterocycles. The van der Waals surface area contributed by atoms with Gasteiger partial charge in [0.1, 0.15) is 0 Å². The summed E-state index contributed by atoms with van der Waals surface area (Å²) in [5.41, 5.74) is 1.20. The number of benzene rings is 1. The van der Waals surface area contributed by atoms with E-state index in [-0.39, 0.29) is 0 Å². The lowest BCUT2D eigenvalue weighted by molar-refractivity contribution is 0.436. The molecule has 0 heterocycles. The molecule has 1 nitrogen and oxygen atoms in total. The molecule has 0 saturated carbocycles. The van der Waals surface area contributed by atoms with Gasteiger partial charge in [0, 0.05) is 0 Å². The Bertz CT molecular complexity index is 410. The van der Waals surface area contributed by atoms with Crippen LogP contribution in [0, 0.1) is 5.92 Å². The van der Waals surface area contributed by atoms with Crippen LogP contribution >= 0.6 is 0 Å². The van der Waals surface area contributed by atoms with Crippen LogP contribution in [0.25, 0.3) is 6.08 Å². The second kappa shape index (κ2) is 6.60. The fourth-order valence-corrected chi connectivity index (χ4v) is 2.39. The smallest absolute Gasteiger partial charge is 0.242 e. The molecule has 0 N–H and O–H groups in total. The third-order valence-corrected chi connectivity index (χ3v) is 3.01. The van der Waals surface area contributed by atoms with Crippen molar-refractivity contribution in [2.24, 2.45) is 5.92 Å². The van der Waals surface area contributed by atoms with Crippen LogP contribution in [0.15, 0.2) is 48.2 Å². The molecule has 0 aromatic heterocycles. The summed E-state index contributed by atoms with van der Waals surface area (Å²) < 4.78 is 6.08. The van der Waals surface area contributed by atoms with Gasteiger partial charge >= 0.3 is 0 Å². The number of hydrogen-bond acceptors (Lipinski definition) is 1. The quantitative estimate of drug-likeness (QED) is 0.407. The third-order valence-electron chi connectivity index (χ3n) is 2.16. The van der Waals surface area contributed by atoms with Crippen LogP contribution < -0.4 is 0 Å². The lowest BCUT2D eigenvalue weighted by atomic mass is 10.1. The highest BCUT2D eigenvalue weighted by atomic mass is 28.4. The Labute approximate surface area is 112 Å². The summed E-state index contributed by atoms with van der Waals surface area (Å²) in [6.07, 6.45) is 6.36. The molecule has 0 amide bonds. The molecule has 0 aliphatic rings. The molecule has 1 aromatic rings. The summed E-state index contributed by atoms with van der Waals surface area (Å²) in [6.45, 7) is 11.0. The first kappa shape index (κ1) is 14.8. The number of rotatable bonds is 5. The Morgan fingerprint density at radius 1 is 1.11 bits per heavy atom. The largest absolute Gasteiger partial charge is 0.545 e. The Morgan fingerprint density at radius 2 is 1.72 bits per heavy atom. The van der Waals surface area contributed by atoms with Gasteiger partial charge in [-0.2, -0.15) is 0 Å². The average molecular weight is 260 g/mol. The Kier molecular flexibility index (Phi) is 5.42. The Hall–Kier alpha value is -1.28. The van der Waals surface area contributed by atoms with Crippen LogP contribution in [0.1, 0.15) is 19.4 Å². The van der Waals surface area contributed by atoms with E-state index in [9.17, 15) is 0 Å². The van der Waals surface area contributed by atoms with E-state index in [1.807, 2.05) is 18.2 Å². The van der Waals surface area contributed by atoms with Gasteiger partial charge < -0.3 is 4.43 Å². The van der Waals surface area contributed by atoms with Crippen molar-refractivity contribution in [1.82, 2.24) is 0 Å². The summed E-state index contributed by atoms with van der Waals surface area (Å²) in [5, 5.41) is 0. The van der Waals surface area contributed by atoms with E-state index >= 15 is 0 Å². The maximum Gasteiger partial charge on any atom is 0.242 e. The van der Waals surface area contributed by atoms with Crippen molar-refractivity contribution in [2.45, 2.75) is 33.5 Å². The molecule has 98 valence electrons. The maximum atomic E-state index is 6.08. The second-order valence-corrected chi connectivity index (χ2v) is 10.2. The van der Waals surface area contributed by atoms with E-state index in [1.165, 1.54) is 5.56 Å². The molecule has 2 heteroatoms. The Balaban J connectivity index is 2.83. The minimum atomic E-state index is -1.54. The summed E-state index contributed by atoms with van der Waals surface area (Å²) >= 11 is 0. The fourth-order valence-electron chi connectivity index (χ4n) is 1.55. The molecule has 0 aliphatic carbocycles. The topological polar surface area (TPSA) is 9.23 Å². The third kappa shape index (κ3) is 6.45. The molecule has 1 aromatic carbocycles. The summed E-state index contributed by atoms with van der Waals surface area (Å²) in [5.74, 6) is 1.49. The van der Waals surface area contributed by atoms with Crippen molar-refractivity contribution in [3.8, 4) is 0 Å². The normalized spacial score (nSPS) is 13.3. The summed E-state index contributed by atoms with van der Waals surface area (Å²) in [6, 6.07) is 10.3. The number of allylic oxidation sites excluding steroid dienone is 2. The monoisotopic (exact) mass is 260 g/mol. The molecule has 0 spiro atoms. The van der Waals surface area contributed by atoms with Gasteiger partial charge in [0.25, 0.3) is 0 Å². The molecule has 0 unspecified atom stereocenters. The standard InChI is InChI=1S/C16H24OSi/c1-14(2)13-16(17-18(3,4)5)12-11-15-9-7-6-8-10-15/h6-14H,1-5H3/b12-11+,16-13-. The summed E-state index contributed by atoms with van der Waals surface area (Å²) in [4.78, 5) is 0. The molecule has 18 heavy (non-hydrogen) atoms. The van der Waals surface area contributed by atoms with Crippen molar-refractivity contribution in [2.75, 3.05) is 0 Å². The lowest BCUT2D eigenvalue weighted by Crippen LogP contribution is -2.24. The lowest BCUT2D eigenvalue weighted by Gasteiger charge is -2.20. The molecule has 0 fully saturated rings. The molecular weight excluding hydrogens is 236 g/mol. The first-order valence-electron chi connectivity index (χ1n) is 6.51. The first-order valence-corrected chi connectivity index (χ1v) is 9.91. The maximum absolute atomic E-state index is 6.08. The number of hydrogen-bond donors (Lipinski definition) is 0. The molecular formula is C16H24OSi. The molecule has 0 bridgehead atoms. The minimum absolute atomic E-state index is 0.497. The molecule has 1 rings (SSSR count). The van der Waals surface area contributed by atoms with Crippen molar-refractivity contribution in [1.29, 1.82) is 0 Å². The summed E-state index contributed by atoms with van der Waals surface area (Å²) in [7, 11) is -1.54. The van der Waals surface area contributed by atoms with Gasteiger partial charge in [-0.05, 0) is 43.3 Å².